The van der Waals surface area contributed by atoms with E-state index in [0.29, 0.717) is 35.0 Å². The molecule has 0 aromatic carbocycles. The lowest BCUT2D eigenvalue weighted by molar-refractivity contribution is -0.143. The van der Waals surface area contributed by atoms with Crippen LogP contribution in [0.3, 0.4) is 0 Å². The molecule has 0 bridgehead atoms. The number of allylic oxidation sites excluding steroid dienone is 2. The van der Waals surface area contributed by atoms with Gasteiger partial charge >= 0.3 is 0 Å². The van der Waals surface area contributed by atoms with Gasteiger partial charge in [-0.25, -0.2) is 0 Å². The molecule has 0 aromatic heterocycles. The van der Waals surface area contributed by atoms with Crippen molar-refractivity contribution in [1.82, 2.24) is 0 Å². The molecule has 42 heavy (non-hydrogen) atoms. The van der Waals surface area contributed by atoms with Gasteiger partial charge in [-0.2, -0.15) is 0 Å². The molecule has 0 heterocycles. The van der Waals surface area contributed by atoms with E-state index in [9.17, 15) is 14.7 Å². The number of carbonyl (C=O) groups excluding carboxylic acids is 2. The first kappa shape index (κ1) is 32.1. The lowest BCUT2D eigenvalue weighted by Gasteiger charge is -2.60. The molecule has 4 saturated carbocycles. The van der Waals surface area contributed by atoms with Crippen molar-refractivity contribution in [3.05, 3.63) is 24.3 Å². The maximum atomic E-state index is 13.9. The van der Waals surface area contributed by atoms with Crippen LogP contribution < -0.4 is 0 Å². The number of fused-ring (bicyclic) bond motifs is 2. The standard InChI is InChI=1S/C37H58O5/c1-10-23(4)41-30(33(40)25(6)22(3)20-38)18-28-31(42-24(5)11-2)19-35(9)32-13-12-27-26(7)29(39)14-15-36(27)21-37(32,36)17-16-34(28,35)8/h14-15,22-24,26-28,30-32,38H,6,10-13,16-21H2,1-5,7-9H3. The molecule has 2 spiro atoms. The number of Topliss-reactive ketones (excluding diaryl/α,β-unsaturated/α-hetero) is 1. The van der Waals surface area contributed by atoms with E-state index < -0.39 is 6.10 Å². The summed E-state index contributed by atoms with van der Waals surface area (Å²) in [5, 5.41) is 9.80. The van der Waals surface area contributed by atoms with Gasteiger partial charge in [0.15, 0.2) is 11.6 Å². The van der Waals surface area contributed by atoms with Crippen LogP contribution >= 0.6 is 0 Å². The molecule has 0 aliphatic heterocycles. The molecule has 0 saturated heterocycles. The van der Waals surface area contributed by atoms with E-state index in [1.807, 2.05) is 19.9 Å². The van der Waals surface area contributed by atoms with Crippen molar-refractivity contribution in [3.8, 4) is 0 Å². The number of ether oxygens (including phenoxy) is 2. The predicted octanol–water partition coefficient (Wildman–Crippen LogP) is 7.50. The van der Waals surface area contributed by atoms with E-state index in [1.54, 1.807) is 0 Å². The Bertz CT molecular complexity index is 1110. The van der Waals surface area contributed by atoms with E-state index in [0.717, 1.165) is 32.1 Å². The zero-order chi connectivity index (χ0) is 30.8. The van der Waals surface area contributed by atoms with Crippen molar-refractivity contribution in [2.45, 2.75) is 138 Å². The first-order valence-corrected chi connectivity index (χ1v) is 17.1. The van der Waals surface area contributed by atoms with Crippen LogP contribution in [-0.2, 0) is 19.1 Å². The Balaban J connectivity index is 1.50. The van der Waals surface area contributed by atoms with Crippen LogP contribution in [0.15, 0.2) is 24.3 Å². The topological polar surface area (TPSA) is 72.8 Å². The fourth-order valence-electron chi connectivity index (χ4n) is 10.8. The van der Waals surface area contributed by atoms with Gasteiger partial charge in [0.1, 0.15) is 6.10 Å². The Morgan fingerprint density at radius 3 is 2.43 bits per heavy atom. The Morgan fingerprint density at radius 1 is 1.10 bits per heavy atom. The molecule has 4 fully saturated rings. The normalized spacial score (nSPS) is 44.7. The molecule has 5 nitrogen and oxygen atoms in total. The molecule has 0 amide bonds. The molecule has 1 N–H and O–H groups in total. The average Bonchev–Trinajstić information content (AvgIpc) is 3.59. The zero-order valence-corrected chi connectivity index (χ0v) is 27.7. The van der Waals surface area contributed by atoms with Gasteiger partial charge < -0.3 is 14.6 Å². The van der Waals surface area contributed by atoms with Crippen LogP contribution in [-0.4, -0.2) is 47.7 Å². The summed E-state index contributed by atoms with van der Waals surface area (Å²) in [6.07, 6.45) is 13.2. The van der Waals surface area contributed by atoms with Crippen molar-refractivity contribution in [2.24, 2.45) is 51.2 Å². The maximum absolute atomic E-state index is 13.9. The van der Waals surface area contributed by atoms with Gasteiger partial charge in [0.2, 0.25) is 0 Å². The van der Waals surface area contributed by atoms with Gasteiger partial charge in [-0.3, -0.25) is 9.59 Å². The summed E-state index contributed by atoms with van der Waals surface area (Å²) in [7, 11) is 0. The summed E-state index contributed by atoms with van der Waals surface area (Å²) < 4.78 is 13.4. The number of rotatable bonds is 12. The highest BCUT2D eigenvalue weighted by atomic mass is 16.5. The van der Waals surface area contributed by atoms with Crippen molar-refractivity contribution in [1.29, 1.82) is 0 Å². The molecular weight excluding hydrogens is 524 g/mol. The van der Waals surface area contributed by atoms with Gasteiger partial charge in [0.05, 0.1) is 18.3 Å². The molecule has 13 atom stereocenters. The summed E-state index contributed by atoms with van der Waals surface area (Å²) in [5.74, 6) is 1.37. The van der Waals surface area contributed by atoms with Crippen molar-refractivity contribution < 1.29 is 24.2 Å². The van der Waals surface area contributed by atoms with Crippen molar-refractivity contribution in [2.75, 3.05) is 6.61 Å². The van der Waals surface area contributed by atoms with Crippen molar-refractivity contribution in [3.63, 3.8) is 0 Å². The smallest absolute Gasteiger partial charge is 0.187 e. The highest BCUT2D eigenvalue weighted by molar-refractivity contribution is 5.98. The second kappa shape index (κ2) is 11.2. The Morgan fingerprint density at radius 2 is 1.79 bits per heavy atom. The quantitative estimate of drug-likeness (QED) is 0.241. The third kappa shape index (κ3) is 4.57. The summed E-state index contributed by atoms with van der Waals surface area (Å²) in [5.41, 5.74) is 1.04. The monoisotopic (exact) mass is 582 g/mol. The first-order chi connectivity index (χ1) is 19.7. The lowest BCUT2D eigenvalue weighted by Crippen LogP contribution is -2.55. The summed E-state index contributed by atoms with van der Waals surface area (Å²) in [6, 6.07) is 0. The maximum Gasteiger partial charge on any atom is 0.187 e. The molecule has 5 aliphatic rings. The summed E-state index contributed by atoms with van der Waals surface area (Å²) in [6.45, 7) is 21.6. The third-order valence-corrected chi connectivity index (χ3v) is 14.1. The van der Waals surface area contributed by atoms with Crippen LogP contribution in [0.1, 0.15) is 113 Å². The third-order valence-electron chi connectivity index (χ3n) is 14.1. The Labute approximate surface area is 255 Å². The van der Waals surface area contributed by atoms with Crippen LogP contribution in [0.2, 0.25) is 0 Å². The van der Waals surface area contributed by atoms with Gasteiger partial charge in [0.25, 0.3) is 0 Å². The largest absolute Gasteiger partial charge is 0.396 e. The molecule has 0 aromatic rings. The average molecular weight is 583 g/mol. The number of hydrogen-bond donors (Lipinski definition) is 1. The number of aliphatic hydroxyl groups excluding tert-OH is 1. The minimum Gasteiger partial charge on any atom is -0.396 e. The van der Waals surface area contributed by atoms with E-state index >= 15 is 0 Å². The van der Waals surface area contributed by atoms with Gasteiger partial charge in [-0.05, 0) is 123 Å². The van der Waals surface area contributed by atoms with E-state index in [-0.39, 0.29) is 64.7 Å². The highest BCUT2D eigenvalue weighted by Gasteiger charge is 2.81. The number of carbonyl (C=O) groups is 2. The van der Waals surface area contributed by atoms with Crippen LogP contribution in [0.4, 0.5) is 0 Å². The van der Waals surface area contributed by atoms with Gasteiger partial charge in [0, 0.05) is 18.4 Å². The predicted molar refractivity (Wildman–Crippen MR) is 167 cm³/mol. The Hall–Kier alpha value is -1.30. The molecule has 236 valence electrons. The van der Waals surface area contributed by atoms with E-state index in [1.165, 1.54) is 19.3 Å². The lowest BCUT2D eigenvalue weighted by atomic mass is 9.43. The van der Waals surface area contributed by atoms with Crippen LogP contribution in [0.25, 0.3) is 0 Å². The zero-order valence-electron chi connectivity index (χ0n) is 27.7. The number of aliphatic hydroxyl groups is 1. The second-order valence-electron chi connectivity index (χ2n) is 15.7. The Kier molecular flexibility index (Phi) is 8.60. The van der Waals surface area contributed by atoms with E-state index in [2.05, 4.69) is 54.2 Å². The fourth-order valence-corrected chi connectivity index (χ4v) is 10.8. The van der Waals surface area contributed by atoms with Crippen LogP contribution in [0.5, 0.6) is 0 Å². The molecule has 5 heteroatoms. The van der Waals surface area contributed by atoms with Crippen molar-refractivity contribution >= 4 is 11.6 Å². The summed E-state index contributed by atoms with van der Waals surface area (Å²) in [4.78, 5) is 26.6. The first-order valence-electron chi connectivity index (χ1n) is 17.1. The summed E-state index contributed by atoms with van der Waals surface area (Å²) >= 11 is 0. The highest BCUT2D eigenvalue weighted by Crippen LogP contribution is 2.87. The molecule has 13 unspecified atom stereocenters. The minimum atomic E-state index is -0.583. The SMILES string of the molecule is C=C(C(=O)C(CC1C(OC(C)CC)CC2(C)C3CCC4C(C)C(=O)C=CC45CC35CCC12C)OC(C)CC)C(C)CO. The molecule has 5 aliphatic carbocycles. The second-order valence-corrected chi connectivity index (χ2v) is 15.7. The van der Waals surface area contributed by atoms with Gasteiger partial charge in [-0.1, -0.05) is 54.2 Å². The number of hydrogen-bond acceptors (Lipinski definition) is 5. The minimum absolute atomic E-state index is 0.0126. The molecule has 0 radical (unpaired) electrons. The fraction of sp³-hybridized carbons (Fsp3) is 0.838. The van der Waals surface area contributed by atoms with E-state index in [4.69, 9.17) is 9.47 Å². The molecule has 5 rings (SSSR count). The van der Waals surface area contributed by atoms with Gasteiger partial charge in [-0.15, -0.1) is 0 Å². The number of ketones is 2. The van der Waals surface area contributed by atoms with Crippen LogP contribution in [0, 0.1) is 51.2 Å². The molecular formula is C37H58O5.